The zero-order valence-electron chi connectivity index (χ0n) is 10.3. The molecule has 0 radical (unpaired) electrons. The summed E-state index contributed by atoms with van der Waals surface area (Å²) in [6.45, 7) is 3.78. The molecule has 0 saturated heterocycles. The molecule has 1 aromatic heterocycles. The maximum atomic E-state index is 12.0. The van der Waals surface area contributed by atoms with E-state index < -0.39 is 5.60 Å². The van der Waals surface area contributed by atoms with Crippen molar-refractivity contribution in [2.24, 2.45) is 0 Å². The highest BCUT2D eigenvalue weighted by Crippen LogP contribution is 2.30. The van der Waals surface area contributed by atoms with Crippen LogP contribution >= 0.6 is 0 Å². The van der Waals surface area contributed by atoms with Crippen LogP contribution in [0.15, 0.2) is 24.3 Å². The van der Waals surface area contributed by atoms with Crippen LogP contribution in [0.25, 0.3) is 10.9 Å². The van der Waals surface area contributed by atoms with Crippen LogP contribution in [0, 0.1) is 0 Å². The van der Waals surface area contributed by atoms with Crippen LogP contribution in [0.3, 0.4) is 0 Å². The molecule has 1 aromatic carbocycles. The maximum absolute atomic E-state index is 12.0. The lowest BCUT2D eigenvalue weighted by molar-refractivity contribution is 0.0272. The van der Waals surface area contributed by atoms with Gasteiger partial charge in [0.15, 0.2) is 0 Å². The quantitative estimate of drug-likeness (QED) is 0.723. The van der Waals surface area contributed by atoms with Gasteiger partial charge in [0.2, 0.25) is 0 Å². The van der Waals surface area contributed by atoms with Gasteiger partial charge in [-0.2, -0.15) is 0 Å². The van der Waals surface area contributed by atoms with Crippen molar-refractivity contribution in [2.45, 2.75) is 25.9 Å². The fraction of sp³-hybridized carbons (Fsp3) is 0.286. The van der Waals surface area contributed by atoms with Crippen LogP contribution in [-0.2, 0) is 11.2 Å². The van der Waals surface area contributed by atoms with Crippen molar-refractivity contribution in [3.05, 3.63) is 35.5 Å². The van der Waals surface area contributed by atoms with Crippen LogP contribution in [0.5, 0.6) is 0 Å². The highest BCUT2D eigenvalue weighted by Gasteiger charge is 2.33. The largest absolute Gasteiger partial charge is 0.442 e. The van der Waals surface area contributed by atoms with Gasteiger partial charge in [-0.05, 0) is 38.1 Å². The number of benzene rings is 1. The summed E-state index contributed by atoms with van der Waals surface area (Å²) in [5.41, 5.74) is 1.85. The first-order chi connectivity index (χ1) is 8.50. The SMILES string of the molecule is CC1(C)Cc2cc3cc(C=O)ccc3n2C(=O)O1. The van der Waals surface area contributed by atoms with Crippen LogP contribution in [0.1, 0.15) is 29.9 Å². The van der Waals surface area contributed by atoms with E-state index in [1.54, 1.807) is 22.8 Å². The summed E-state index contributed by atoms with van der Waals surface area (Å²) in [5.74, 6) is 0. The molecule has 4 heteroatoms. The smallest absolute Gasteiger partial charge is 0.419 e. The Morgan fingerprint density at radius 1 is 1.33 bits per heavy atom. The van der Waals surface area contributed by atoms with Gasteiger partial charge < -0.3 is 4.74 Å². The van der Waals surface area contributed by atoms with E-state index >= 15 is 0 Å². The molecular weight excluding hydrogens is 230 g/mol. The van der Waals surface area contributed by atoms with E-state index in [2.05, 4.69) is 0 Å². The van der Waals surface area contributed by atoms with Gasteiger partial charge in [0.25, 0.3) is 0 Å². The van der Waals surface area contributed by atoms with E-state index in [1.807, 2.05) is 19.9 Å². The third kappa shape index (κ3) is 1.53. The number of carbonyl (C=O) groups is 2. The molecule has 1 aliphatic rings. The summed E-state index contributed by atoms with van der Waals surface area (Å²) in [6, 6.07) is 7.22. The summed E-state index contributed by atoms with van der Waals surface area (Å²) in [4.78, 5) is 22.8. The van der Waals surface area contributed by atoms with E-state index in [1.165, 1.54) is 0 Å². The maximum Gasteiger partial charge on any atom is 0.419 e. The van der Waals surface area contributed by atoms with E-state index in [9.17, 15) is 9.59 Å². The number of aromatic nitrogens is 1. The van der Waals surface area contributed by atoms with E-state index in [0.29, 0.717) is 12.0 Å². The molecule has 92 valence electrons. The fourth-order valence-corrected chi connectivity index (χ4v) is 2.46. The van der Waals surface area contributed by atoms with Crippen molar-refractivity contribution in [2.75, 3.05) is 0 Å². The number of aldehydes is 1. The average Bonchev–Trinajstić information content (AvgIpc) is 2.63. The van der Waals surface area contributed by atoms with Crippen LogP contribution in [0.2, 0.25) is 0 Å². The molecule has 0 spiro atoms. The van der Waals surface area contributed by atoms with Crippen molar-refractivity contribution in [3.8, 4) is 0 Å². The standard InChI is InChI=1S/C14H13NO3/c1-14(2)7-11-6-10-5-9(8-16)3-4-12(10)15(11)13(17)18-14/h3-6,8H,7H2,1-2H3. The van der Waals surface area contributed by atoms with Crippen LogP contribution < -0.4 is 0 Å². The Morgan fingerprint density at radius 3 is 2.83 bits per heavy atom. The Morgan fingerprint density at radius 2 is 2.11 bits per heavy atom. The predicted octanol–water partition coefficient (Wildman–Crippen LogP) is 2.77. The molecule has 0 atom stereocenters. The van der Waals surface area contributed by atoms with Crippen LogP contribution in [0.4, 0.5) is 4.79 Å². The number of cyclic esters (lactones) is 1. The van der Waals surface area contributed by atoms with Gasteiger partial charge in [0.05, 0.1) is 5.52 Å². The summed E-state index contributed by atoms with van der Waals surface area (Å²) in [7, 11) is 0. The Kier molecular flexibility index (Phi) is 2.11. The molecule has 0 saturated carbocycles. The molecule has 0 amide bonds. The second kappa shape index (κ2) is 3.45. The Hall–Kier alpha value is -2.10. The highest BCUT2D eigenvalue weighted by atomic mass is 16.6. The minimum Gasteiger partial charge on any atom is -0.442 e. The first kappa shape index (κ1) is 11.0. The molecule has 0 bridgehead atoms. The van der Waals surface area contributed by atoms with Crippen molar-refractivity contribution in [3.63, 3.8) is 0 Å². The first-order valence-electron chi connectivity index (χ1n) is 5.83. The van der Waals surface area contributed by atoms with Crippen molar-refractivity contribution < 1.29 is 14.3 Å². The highest BCUT2D eigenvalue weighted by molar-refractivity contribution is 5.94. The lowest BCUT2D eigenvalue weighted by atomic mass is 10.0. The number of rotatable bonds is 1. The Labute approximate surface area is 104 Å². The number of hydrogen-bond acceptors (Lipinski definition) is 3. The molecule has 3 rings (SSSR count). The molecule has 2 aromatic rings. The second-order valence-corrected chi connectivity index (χ2v) is 5.21. The van der Waals surface area contributed by atoms with Crippen LogP contribution in [-0.4, -0.2) is 22.5 Å². The molecule has 1 aliphatic heterocycles. The minimum atomic E-state index is -0.477. The van der Waals surface area contributed by atoms with Gasteiger partial charge >= 0.3 is 6.09 Å². The fourth-order valence-electron chi connectivity index (χ4n) is 2.46. The molecule has 2 heterocycles. The number of hydrogen-bond donors (Lipinski definition) is 0. The molecule has 0 aliphatic carbocycles. The Bertz CT molecular complexity index is 667. The van der Waals surface area contributed by atoms with Crippen molar-refractivity contribution in [1.29, 1.82) is 0 Å². The predicted molar refractivity (Wildman–Crippen MR) is 67.0 cm³/mol. The summed E-state index contributed by atoms with van der Waals surface area (Å²) in [6.07, 6.45) is 1.12. The summed E-state index contributed by atoms with van der Waals surface area (Å²) >= 11 is 0. The number of carbonyl (C=O) groups excluding carboxylic acids is 2. The topological polar surface area (TPSA) is 48.3 Å². The molecule has 4 nitrogen and oxygen atoms in total. The van der Waals surface area contributed by atoms with Gasteiger partial charge in [0.1, 0.15) is 11.9 Å². The third-order valence-corrected chi connectivity index (χ3v) is 3.19. The zero-order chi connectivity index (χ0) is 12.9. The lowest BCUT2D eigenvalue weighted by Gasteiger charge is -2.30. The van der Waals surface area contributed by atoms with Gasteiger partial charge in [0, 0.05) is 23.1 Å². The van der Waals surface area contributed by atoms with E-state index in [-0.39, 0.29) is 6.09 Å². The lowest BCUT2D eigenvalue weighted by Crippen LogP contribution is -2.38. The van der Waals surface area contributed by atoms with Crippen molar-refractivity contribution >= 4 is 23.3 Å². The Balaban J connectivity index is 2.26. The monoisotopic (exact) mass is 243 g/mol. The molecule has 0 N–H and O–H groups in total. The first-order valence-corrected chi connectivity index (χ1v) is 5.83. The third-order valence-electron chi connectivity index (χ3n) is 3.19. The number of nitrogens with zero attached hydrogens (tertiary/aromatic N) is 1. The van der Waals surface area contributed by atoms with E-state index in [0.717, 1.165) is 22.9 Å². The zero-order valence-corrected chi connectivity index (χ0v) is 10.3. The molecular formula is C14H13NO3. The molecule has 0 unspecified atom stereocenters. The van der Waals surface area contributed by atoms with Gasteiger partial charge in [-0.15, -0.1) is 0 Å². The van der Waals surface area contributed by atoms with Gasteiger partial charge in [-0.25, -0.2) is 9.36 Å². The second-order valence-electron chi connectivity index (χ2n) is 5.21. The molecule has 18 heavy (non-hydrogen) atoms. The van der Waals surface area contributed by atoms with E-state index in [4.69, 9.17) is 4.74 Å². The van der Waals surface area contributed by atoms with Gasteiger partial charge in [-0.1, -0.05) is 0 Å². The average molecular weight is 243 g/mol. The minimum absolute atomic E-state index is 0.352. The normalized spacial score (nSPS) is 17.3. The number of fused-ring (bicyclic) bond motifs is 3. The summed E-state index contributed by atoms with van der Waals surface area (Å²) < 4.78 is 6.96. The summed E-state index contributed by atoms with van der Waals surface area (Å²) in [5, 5.41) is 0.893. The molecule has 0 fully saturated rings. The van der Waals surface area contributed by atoms with Gasteiger partial charge in [-0.3, -0.25) is 4.79 Å². The number of ether oxygens (including phenoxy) is 1. The van der Waals surface area contributed by atoms with Crippen molar-refractivity contribution in [1.82, 2.24) is 4.57 Å².